The van der Waals surface area contributed by atoms with Gasteiger partial charge in [-0.15, -0.1) is 0 Å². The van der Waals surface area contributed by atoms with Gasteiger partial charge in [0.1, 0.15) is 0 Å². The zero-order valence-electron chi connectivity index (χ0n) is 8.07. The van der Waals surface area contributed by atoms with Crippen LogP contribution < -0.4 is 5.46 Å². The normalized spacial score (nSPS) is 9.57. The molecule has 1 aromatic rings. The molecule has 0 unspecified atom stereocenters. The molecule has 0 aliphatic carbocycles. The van der Waals surface area contributed by atoms with Crippen molar-refractivity contribution in [3.63, 3.8) is 0 Å². The summed E-state index contributed by atoms with van der Waals surface area (Å²) in [5.41, 5.74) is 2.37. The first-order valence-corrected chi connectivity index (χ1v) is 4.48. The van der Waals surface area contributed by atoms with Crippen LogP contribution in [-0.4, -0.2) is 17.2 Å². The van der Waals surface area contributed by atoms with Gasteiger partial charge in [0.05, 0.1) is 6.07 Å². The largest absolute Gasteiger partial charge is 0.488 e. The minimum absolute atomic E-state index is 0.450. The molecule has 0 saturated heterocycles. The van der Waals surface area contributed by atoms with E-state index >= 15 is 0 Å². The highest BCUT2D eigenvalue weighted by Gasteiger charge is 2.14. The molecule has 1 rings (SSSR count). The van der Waals surface area contributed by atoms with Gasteiger partial charge >= 0.3 is 7.12 Å². The van der Waals surface area contributed by atoms with E-state index in [4.69, 9.17) is 15.3 Å². The van der Waals surface area contributed by atoms with Crippen molar-refractivity contribution in [2.24, 2.45) is 0 Å². The molecule has 0 aliphatic heterocycles. The zero-order valence-corrected chi connectivity index (χ0v) is 8.07. The molecule has 0 aliphatic rings. The maximum Gasteiger partial charge on any atom is 0.488 e. The molecule has 0 bridgehead atoms. The molecule has 4 heteroatoms. The standard InChI is InChI=1S/C10H12BNO2/c1-8-9(5-3-7-12)4-2-6-10(8)11(13)14/h2,4,6,13-14H,3,5H2,1H3. The Morgan fingerprint density at radius 3 is 2.71 bits per heavy atom. The Labute approximate surface area is 83.8 Å². The molecule has 0 saturated carbocycles. The highest BCUT2D eigenvalue weighted by atomic mass is 16.4. The summed E-state index contributed by atoms with van der Waals surface area (Å²) in [6, 6.07) is 7.42. The topological polar surface area (TPSA) is 64.2 Å². The molecule has 0 atom stereocenters. The second kappa shape index (κ2) is 4.80. The highest BCUT2D eigenvalue weighted by molar-refractivity contribution is 6.59. The quantitative estimate of drug-likeness (QED) is 0.664. The number of hydrogen-bond acceptors (Lipinski definition) is 3. The van der Waals surface area contributed by atoms with Crippen LogP contribution in [0, 0.1) is 18.3 Å². The van der Waals surface area contributed by atoms with Gasteiger partial charge in [0.2, 0.25) is 0 Å². The van der Waals surface area contributed by atoms with Crippen molar-refractivity contribution in [3.05, 3.63) is 29.3 Å². The molecule has 0 radical (unpaired) electrons. The van der Waals surface area contributed by atoms with Gasteiger partial charge in [-0.3, -0.25) is 0 Å². The van der Waals surface area contributed by atoms with Crippen molar-refractivity contribution >= 4 is 12.6 Å². The summed E-state index contributed by atoms with van der Waals surface area (Å²) in [6.45, 7) is 1.83. The fraction of sp³-hybridized carbons (Fsp3) is 0.300. The second-order valence-electron chi connectivity index (χ2n) is 3.16. The lowest BCUT2D eigenvalue weighted by atomic mass is 9.76. The van der Waals surface area contributed by atoms with Crippen LogP contribution in [-0.2, 0) is 6.42 Å². The summed E-state index contributed by atoms with van der Waals surface area (Å²) in [5, 5.41) is 26.5. The minimum atomic E-state index is -1.43. The van der Waals surface area contributed by atoms with Crippen LogP contribution in [0.25, 0.3) is 0 Å². The van der Waals surface area contributed by atoms with E-state index in [-0.39, 0.29) is 0 Å². The Kier molecular flexibility index (Phi) is 3.69. The van der Waals surface area contributed by atoms with Gasteiger partial charge in [0.15, 0.2) is 0 Å². The number of benzene rings is 1. The number of hydrogen-bond donors (Lipinski definition) is 2. The van der Waals surface area contributed by atoms with Crippen LogP contribution in [0.5, 0.6) is 0 Å². The lowest BCUT2D eigenvalue weighted by molar-refractivity contribution is 0.425. The number of rotatable bonds is 3. The minimum Gasteiger partial charge on any atom is -0.423 e. The van der Waals surface area contributed by atoms with Crippen molar-refractivity contribution in [2.75, 3.05) is 0 Å². The molecule has 0 aromatic heterocycles. The molecule has 72 valence electrons. The SMILES string of the molecule is Cc1c(CCC#N)cccc1B(O)O. The van der Waals surface area contributed by atoms with E-state index < -0.39 is 7.12 Å². The van der Waals surface area contributed by atoms with E-state index in [9.17, 15) is 0 Å². The van der Waals surface area contributed by atoms with Crippen molar-refractivity contribution in [2.45, 2.75) is 19.8 Å². The lowest BCUT2D eigenvalue weighted by Crippen LogP contribution is -2.32. The van der Waals surface area contributed by atoms with Gasteiger partial charge in [-0.2, -0.15) is 5.26 Å². The van der Waals surface area contributed by atoms with Gasteiger partial charge in [0, 0.05) is 6.42 Å². The smallest absolute Gasteiger partial charge is 0.423 e. The Bertz CT molecular complexity index is 358. The molecule has 0 heterocycles. The Hall–Kier alpha value is -1.31. The van der Waals surface area contributed by atoms with Gasteiger partial charge in [-0.1, -0.05) is 18.2 Å². The van der Waals surface area contributed by atoms with Crippen LogP contribution in [0.1, 0.15) is 17.5 Å². The first kappa shape index (κ1) is 10.8. The van der Waals surface area contributed by atoms with Gasteiger partial charge in [-0.25, -0.2) is 0 Å². The molecule has 3 nitrogen and oxygen atoms in total. The molecular weight excluding hydrogens is 177 g/mol. The number of nitriles is 1. The van der Waals surface area contributed by atoms with E-state index in [2.05, 4.69) is 6.07 Å². The third-order valence-electron chi connectivity index (χ3n) is 2.27. The summed E-state index contributed by atoms with van der Waals surface area (Å²) in [5.74, 6) is 0. The Morgan fingerprint density at radius 1 is 1.43 bits per heavy atom. The van der Waals surface area contributed by atoms with Crippen molar-refractivity contribution < 1.29 is 10.0 Å². The lowest BCUT2D eigenvalue weighted by Gasteiger charge is -2.08. The maximum absolute atomic E-state index is 9.04. The van der Waals surface area contributed by atoms with Crippen LogP contribution >= 0.6 is 0 Å². The summed E-state index contributed by atoms with van der Waals surface area (Å²) in [4.78, 5) is 0. The summed E-state index contributed by atoms with van der Waals surface area (Å²) < 4.78 is 0. The van der Waals surface area contributed by atoms with E-state index in [1.807, 2.05) is 13.0 Å². The maximum atomic E-state index is 9.04. The first-order chi connectivity index (χ1) is 6.66. The van der Waals surface area contributed by atoms with Crippen molar-refractivity contribution in [1.29, 1.82) is 5.26 Å². The predicted molar refractivity (Wildman–Crippen MR) is 54.9 cm³/mol. The molecule has 14 heavy (non-hydrogen) atoms. The van der Waals surface area contributed by atoms with Crippen molar-refractivity contribution in [1.82, 2.24) is 0 Å². The van der Waals surface area contributed by atoms with E-state index in [1.54, 1.807) is 12.1 Å². The van der Waals surface area contributed by atoms with Crippen LogP contribution in [0.2, 0.25) is 0 Å². The van der Waals surface area contributed by atoms with Gasteiger partial charge < -0.3 is 10.0 Å². The molecule has 1 aromatic carbocycles. The zero-order chi connectivity index (χ0) is 10.6. The fourth-order valence-corrected chi connectivity index (χ4v) is 1.44. The number of aryl methyl sites for hydroxylation is 1. The third kappa shape index (κ3) is 2.35. The van der Waals surface area contributed by atoms with E-state index in [1.165, 1.54) is 0 Å². The van der Waals surface area contributed by atoms with Crippen LogP contribution in [0.3, 0.4) is 0 Å². The molecule has 0 fully saturated rings. The van der Waals surface area contributed by atoms with E-state index in [0.717, 1.165) is 11.1 Å². The average Bonchev–Trinajstić information content (AvgIpc) is 2.16. The van der Waals surface area contributed by atoms with Gasteiger partial charge in [0.25, 0.3) is 0 Å². The molecule has 0 spiro atoms. The number of nitrogens with zero attached hydrogens (tertiary/aromatic N) is 1. The predicted octanol–water partition coefficient (Wildman–Crippen LogP) is 0.131. The second-order valence-corrected chi connectivity index (χ2v) is 3.16. The van der Waals surface area contributed by atoms with Gasteiger partial charge in [-0.05, 0) is 29.9 Å². The highest BCUT2D eigenvalue weighted by Crippen LogP contribution is 2.07. The fourth-order valence-electron chi connectivity index (χ4n) is 1.44. The Balaban J connectivity index is 2.96. The average molecular weight is 189 g/mol. The van der Waals surface area contributed by atoms with Crippen LogP contribution in [0.4, 0.5) is 0 Å². The Morgan fingerprint density at radius 2 is 2.14 bits per heavy atom. The monoisotopic (exact) mass is 189 g/mol. The van der Waals surface area contributed by atoms with Crippen LogP contribution in [0.15, 0.2) is 18.2 Å². The molecule has 2 N–H and O–H groups in total. The molecular formula is C10H12BNO2. The summed E-state index contributed by atoms with van der Waals surface area (Å²) in [6.07, 6.45) is 1.11. The third-order valence-corrected chi connectivity index (χ3v) is 2.27. The van der Waals surface area contributed by atoms with E-state index in [0.29, 0.717) is 18.3 Å². The molecule has 0 amide bonds. The first-order valence-electron chi connectivity index (χ1n) is 4.48. The summed E-state index contributed by atoms with van der Waals surface area (Å²) in [7, 11) is -1.43. The van der Waals surface area contributed by atoms with Crippen molar-refractivity contribution in [3.8, 4) is 6.07 Å². The summed E-state index contributed by atoms with van der Waals surface area (Å²) >= 11 is 0.